The fourth-order valence-corrected chi connectivity index (χ4v) is 7.64. The second kappa shape index (κ2) is 19.7. The number of carbonyl (C=O) groups is 2. The standard InChI is InChI=1S/C40H36N8O17S2/c1-19-5-4-6-23(39(53)54)33(19)44-42-26-16-30(65-12-10-50)27(17-29(26)64-11-9-49)43-45-34-32(67(60,61)62)14-21-7-8-22(15-24(21)37(34)51)48-38(52)35(36(47-48)40(55)56)46-41-25-13-20(2)31(66(57,58)59)18-28(25)63-3/h4-8,13-18,49-52H,9-12H2,1-3H3,(H,53,54)(H,55,56)(H,57,58,59)(H,60,61,62)/b44-42+,45-43+,46-41+. The first-order valence-corrected chi connectivity index (χ1v) is 21.8. The van der Waals surface area contributed by atoms with Crippen molar-refractivity contribution in [2.45, 2.75) is 23.6 Å². The van der Waals surface area contributed by atoms with Gasteiger partial charge in [0.15, 0.2) is 11.4 Å². The van der Waals surface area contributed by atoms with E-state index >= 15 is 0 Å². The summed E-state index contributed by atoms with van der Waals surface area (Å²) >= 11 is 0. The Morgan fingerprint density at radius 1 is 0.657 bits per heavy atom. The highest BCUT2D eigenvalue weighted by Crippen LogP contribution is 2.46. The van der Waals surface area contributed by atoms with Gasteiger partial charge in [0.05, 0.1) is 31.6 Å². The van der Waals surface area contributed by atoms with Crippen molar-refractivity contribution < 1.29 is 80.4 Å². The summed E-state index contributed by atoms with van der Waals surface area (Å²) in [6.45, 7) is 1.32. The summed E-state index contributed by atoms with van der Waals surface area (Å²) in [4.78, 5) is 22.7. The van der Waals surface area contributed by atoms with Crippen molar-refractivity contribution in [3.63, 3.8) is 0 Å². The summed E-state index contributed by atoms with van der Waals surface area (Å²) in [5.41, 5.74) is -2.65. The van der Waals surface area contributed by atoms with E-state index < -0.39 is 83.9 Å². The van der Waals surface area contributed by atoms with Crippen LogP contribution in [0.15, 0.2) is 107 Å². The van der Waals surface area contributed by atoms with Crippen LogP contribution in [0.25, 0.3) is 16.5 Å². The Hall–Kier alpha value is -7.95. The smallest absolute Gasteiger partial charge is 0.358 e. The summed E-state index contributed by atoms with van der Waals surface area (Å²) in [5.74, 6) is -5.28. The van der Waals surface area contributed by atoms with Crippen LogP contribution in [0, 0.1) is 13.8 Å². The van der Waals surface area contributed by atoms with Gasteiger partial charge in [0, 0.05) is 23.6 Å². The van der Waals surface area contributed by atoms with Gasteiger partial charge in [-0.05, 0) is 60.7 Å². The average Bonchev–Trinajstić information content (AvgIpc) is 3.61. The van der Waals surface area contributed by atoms with Gasteiger partial charge < -0.3 is 44.8 Å². The third-order valence-electron chi connectivity index (χ3n) is 9.33. The lowest BCUT2D eigenvalue weighted by Crippen LogP contribution is -2.04. The zero-order chi connectivity index (χ0) is 49.0. The molecule has 0 fully saturated rings. The molecule has 0 aliphatic rings. The third kappa shape index (κ3) is 10.5. The van der Waals surface area contributed by atoms with Crippen LogP contribution in [0.2, 0.25) is 0 Å². The number of aromatic carboxylic acids is 2. The number of azo groups is 3. The molecule has 0 bridgehead atoms. The van der Waals surface area contributed by atoms with Crippen molar-refractivity contribution in [1.82, 2.24) is 9.78 Å². The van der Waals surface area contributed by atoms with Crippen molar-refractivity contribution in [2.75, 3.05) is 33.5 Å². The van der Waals surface area contributed by atoms with Gasteiger partial charge in [0.2, 0.25) is 11.6 Å². The molecule has 27 heteroatoms. The second-order valence-corrected chi connectivity index (χ2v) is 16.5. The number of phenols is 1. The maximum absolute atomic E-state index is 12.7. The minimum atomic E-state index is -5.17. The normalized spacial score (nSPS) is 12.2. The van der Waals surface area contributed by atoms with Crippen LogP contribution in [0.3, 0.4) is 0 Å². The molecule has 0 spiro atoms. The van der Waals surface area contributed by atoms with Crippen LogP contribution in [-0.2, 0) is 20.2 Å². The van der Waals surface area contributed by atoms with E-state index in [4.69, 9.17) is 14.2 Å². The second-order valence-electron chi connectivity index (χ2n) is 13.8. The molecule has 1 heterocycles. The highest BCUT2D eigenvalue weighted by Gasteiger charge is 2.27. The Morgan fingerprint density at radius 2 is 1.22 bits per heavy atom. The number of aromatic hydroxyl groups is 2. The van der Waals surface area contributed by atoms with E-state index in [-0.39, 0.29) is 80.8 Å². The number of carboxylic acids is 2. The van der Waals surface area contributed by atoms with Crippen molar-refractivity contribution in [3.8, 4) is 34.6 Å². The molecular weight excluding hydrogens is 929 g/mol. The molecule has 25 nitrogen and oxygen atoms in total. The maximum Gasteiger partial charge on any atom is 0.358 e. The Balaban J connectivity index is 1.47. The molecule has 6 aromatic rings. The topological polar surface area (TPSA) is 384 Å². The molecule has 0 unspecified atom stereocenters. The van der Waals surface area contributed by atoms with E-state index in [1.54, 1.807) is 13.0 Å². The Kier molecular flexibility index (Phi) is 14.2. The van der Waals surface area contributed by atoms with E-state index in [0.29, 0.717) is 10.2 Å². The molecule has 0 aliphatic heterocycles. The number of benzene rings is 5. The molecule has 350 valence electrons. The van der Waals surface area contributed by atoms with Crippen LogP contribution < -0.4 is 14.2 Å². The minimum absolute atomic E-state index is 0.00811. The molecule has 8 N–H and O–H groups in total. The number of aliphatic hydroxyl groups is 2. The molecule has 5 aromatic carbocycles. The lowest BCUT2D eigenvalue weighted by molar-refractivity contribution is 0.0683. The van der Waals surface area contributed by atoms with E-state index in [0.717, 1.165) is 31.4 Å². The number of aliphatic hydroxyl groups excluding tert-OH is 2. The number of hydrogen-bond donors (Lipinski definition) is 8. The minimum Gasteiger partial charge on any atom is -0.505 e. The summed E-state index contributed by atoms with van der Waals surface area (Å²) < 4.78 is 85.9. The highest BCUT2D eigenvalue weighted by atomic mass is 32.2. The summed E-state index contributed by atoms with van der Waals surface area (Å²) in [6.07, 6.45) is 0. The molecule has 0 amide bonds. The van der Waals surface area contributed by atoms with Gasteiger partial charge in [-0.1, -0.05) is 18.2 Å². The van der Waals surface area contributed by atoms with Crippen LogP contribution in [0.4, 0.5) is 34.1 Å². The number of aryl methyl sites for hydroxylation is 2. The summed E-state index contributed by atoms with van der Waals surface area (Å²) in [7, 11) is -8.68. The first-order valence-electron chi connectivity index (χ1n) is 18.9. The van der Waals surface area contributed by atoms with Crippen LogP contribution in [0.1, 0.15) is 32.0 Å². The molecule has 67 heavy (non-hydrogen) atoms. The molecule has 0 atom stereocenters. The molecular formula is C40H36N8O17S2. The molecule has 0 aliphatic carbocycles. The number of phenolic OH excluding ortho intramolecular Hbond substituents is 1. The van der Waals surface area contributed by atoms with E-state index in [1.807, 2.05) is 0 Å². The zero-order valence-electron chi connectivity index (χ0n) is 34.8. The van der Waals surface area contributed by atoms with Crippen molar-refractivity contribution >= 4 is 77.1 Å². The Morgan fingerprint density at radius 3 is 1.76 bits per heavy atom. The van der Waals surface area contributed by atoms with Crippen molar-refractivity contribution in [3.05, 3.63) is 89.1 Å². The van der Waals surface area contributed by atoms with Gasteiger partial charge in [-0.3, -0.25) is 9.11 Å². The number of ether oxygens (including phenoxy) is 3. The van der Waals surface area contributed by atoms with E-state index in [9.17, 15) is 66.2 Å². The quantitative estimate of drug-likeness (QED) is 0.0319. The van der Waals surface area contributed by atoms with Gasteiger partial charge in [0.1, 0.15) is 68.7 Å². The fourth-order valence-electron chi connectivity index (χ4n) is 6.26. The molecule has 6 rings (SSSR count). The van der Waals surface area contributed by atoms with Gasteiger partial charge in [-0.25, -0.2) is 9.59 Å². The first-order chi connectivity index (χ1) is 31.7. The largest absolute Gasteiger partial charge is 0.505 e. The predicted molar refractivity (Wildman–Crippen MR) is 231 cm³/mol. The lowest BCUT2D eigenvalue weighted by atomic mass is 10.1. The molecule has 0 saturated heterocycles. The number of aromatic nitrogens is 2. The van der Waals surface area contributed by atoms with Gasteiger partial charge in [0.25, 0.3) is 20.2 Å². The fraction of sp³-hybridized carbons (Fsp3) is 0.175. The maximum atomic E-state index is 12.7. The number of fused-ring (bicyclic) bond motifs is 1. The molecule has 0 radical (unpaired) electrons. The third-order valence-corrected chi connectivity index (χ3v) is 11.2. The van der Waals surface area contributed by atoms with E-state index in [2.05, 4.69) is 35.8 Å². The van der Waals surface area contributed by atoms with Crippen LogP contribution in [0.5, 0.6) is 28.9 Å². The van der Waals surface area contributed by atoms with Crippen molar-refractivity contribution in [2.24, 2.45) is 30.7 Å². The highest BCUT2D eigenvalue weighted by molar-refractivity contribution is 7.86. The number of methoxy groups -OCH3 is 1. The SMILES string of the molecule is COc1cc(S(=O)(=O)O)c(C)cc1/N=N/c1c(C(=O)O)nn(-c2ccc3cc(S(=O)(=O)O)c(/N=N/c4cc(OCCO)c(/N=N/c5c(C)cccc5C(=O)O)cc4OCCO)c(O)c3c2)c1O. The summed E-state index contributed by atoms with van der Waals surface area (Å²) in [6, 6.07) is 13.5. The number of nitrogens with zero attached hydrogens (tertiary/aromatic N) is 8. The number of carboxylic acid groups (broad SMARTS) is 2. The van der Waals surface area contributed by atoms with Gasteiger partial charge in [-0.2, -0.15) is 26.6 Å². The molecule has 0 saturated carbocycles. The number of rotatable bonds is 18. The van der Waals surface area contributed by atoms with Crippen LogP contribution >= 0.6 is 0 Å². The Labute approximate surface area is 377 Å². The van der Waals surface area contributed by atoms with Crippen molar-refractivity contribution in [1.29, 1.82) is 0 Å². The predicted octanol–water partition coefficient (Wildman–Crippen LogP) is 6.94. The van der Waals surface area contributed by atoms with Gasteiger partial charge >= 0.3 is 11.9 Å². The summed E-state index contributed by atoms with van der Waals surface area (Å²) in [5, 5.41) is 89.2. The monoisotopic (exact) mass is 964 g/mol. The first kappa shape index (κ1) is 48.5. The molecule has 1 aromatic heterocycles. The Bertz CT molecular complexity index is 3280. The van der Waals surface area contributed by atoms with E-state index in [1.165, 1.54) is 43.3 Å². The lowest BCUT2D eigenvalue weighted by Gasteiger charge is -2.13. The van der Waals surface area contributed by atoms with Gasteiger partial charge in [-0.15, -0.1) is 30.7 Å². The average molecular weight is 965 g/mol. The van der Waals surface area contributed by atoms with Crippen LogP contribution in [-0.4, -0.2) is 112 Å². The number of hydrogen-bond acceptors (Lipinski definition) is 20. The zero-order valence-corrected chi connectivity index (χ0v) is 36.5.